The molecule has 0 aliphatic carbocycles. The number of methoxy groups -OCH3 is 1. The van der Waals surface area contributed by atoms with Crippen molar-refractivity contribution >= 4 is 29.9 Å². The molecule has 3 rings (SSSR count). The molecule has 2 unspecified atom stereocenters. The number of nitrogens with zero attached hydrogens (tertiary/aromatic N) is 3. The fourth-order valence-electron chi connectivity index (χ4n) is 4.09. The molecular weight excluding hydrogens is 451 g/mol. The molecule has 0 amide bonds. The van der Waals surface area contributed by atoms with Gasteiger partial charge in [0, 0.05) is 38.6 Å². The third-order valence-corrected chi connectivity index (χ3v) is 5.73. The Labute approximate surface area is 181 Å². The van der Waals surface area contributed by atoms with Gasteiger partial charge in [-0.3, -0.25) is 4.99 Å². The van der Waals surface area contributed by atoms with Crippen LogP contribution >= 0.6 is 24.0 Å². The van der Waals surface area contributed by atoms with Gasteiger partial charge in [0.05, 0.1) is 7.11 Å². The third kappa shape index (κ3) is 5.98. The first-order chi connectivity index (χ1) is 12.7. The van der Waals surface area contributed by atoms with Gasteiger partial charge in [0.25, 0.3) is 0 Å². The number of aliphatic imine (C=N–C) groups is 1. The Morgan fingerprint density at radius 2 is 1.93 bits per heavy atom. The predicted octanol–water partition coefficient (Wildman–Crippen LogP) is 3.41. The fourth-order valence-corrected chi connectivity index (χ4v) is 4.09. The summed E-state index contributed by atoms with van der Waals surface area (Å²) < 4.78 is 5.28. The average molecular weight is 486 g/mol. The highest BCUT2D eigenvalue weighted by Gasteiger charge is 2.27. The van der Waals surface area contributed by atoms with E-state index in [2.05, 4.69) is 53.2 Å². The van der Waals surface area contributed by atoms with Crippen molar-refractivity contribution < 1.29 is 4.74 Å². The third-order valence-electron chi connectivity index (χ3n) is 5.73. The van der Waals surface area contributed by atoms with Gasteiger partial charge < -0.3 is 19.9 Å². The van der Waals surface area contributed by atoms with Crippen LogP contribution in [-0.4, -0.2) is 68.7 Å². The molecule has 1 aromatic rings. The zero-order chi connectivity index (χ0) is 18.4. The van der Waals surface area contributed by atoms with Gasteiger partial charge in [0.15, 0.2) is 5.96 Å². The average Bonchev–Trinajstić information content (AvgIpc) is 3.35. The second-order valence-electron chi connectivity index (χ2n) is 7.45. The lowest BCUT2D eigenvalue weighted by Crippen LogP contribution is -2.40. The molecule has 2 heterocycles. The first-order valence-corrected chi connectivity index (χ1v) is 10.1. The molecule has 0 aromatic heterocycles. The topological polar surface area (TPSA) is 40.1 Å². The molecule has 2 atom stereocenters. The minimum atomic E-state index is 0. The highest BCUT2D eigenvalue weighted by atomic mass is 127. The van der Waals surface area contributed by atoms with Crippen LogP contribution in [0.3, 0.4) is 0 Å². The molecule has 2 aliphatic rings. The number of ether oxygens (including phenoxy) is 1. The van der Waals surface area contributed by atoms with Crippen molar-refractivity contribution in [2.24, 2.45) is 10.9 Å². The second-order valence-corrected chi connectivity index (χ2v) is 7.45. The summed E-state index contributed by atoms with van der Waals surface area (Å²) in [7, 11) is 1.72. The number of likely N-dealkylation sites (tertiary alicyclic amines) is 2. The van der Waals surface area contributed by atoms with Crippen LogP contribution in [-0.2, 0) is 0 Å². The maximum atomic E-state index is 5.28. The van der Waals surface area contributed by atoms with Crippen molar-refractivity contribution in [1.82, 2.24) is 15.1 Å². The van der Waals surface area contributed by atoms with Crippen LogP contribution in [0.25, 0.3) is 0 Å². The van der Waals surface area contributed by atoms with Crippen LogP contribution < -0.4 is 10.1 Å². The SMILES string of the molecule is CCNC(=NCC1CCN(CC)C1)N1CCC(c2ccc(OC)cc2)C1.I. The molecule has 5 nitrogen and oxygen atoms in total. The molecule has 152 valence electrons. The van der Waals surface area contributed by atoms with Gasteiger partial charge in [-0.05, 0) is 56.5 Å². The molecule has 1 aromatic carbocycles. The Morgan fingerprint density at radius 1 is 1.15 bits per heavy atom. The number of halogens is 1. The van der Waals surface area contributed by atoms with Gasteiger partial charge in [-0.25, -0.2) is 0 Å². The monoisotopic (exact) mass is 486 g/mol. The fraction of sp³-hybridized carbons (Fsp3) is 0.667. The van der Waals surface area contributed by atoms with E-state index in [0.29, 0.717) is 11.8 Å². The molecule has 0 saturated carbocycles. The van der Waals surface area contributed by atoms with Gasteiger partial charge in [-0.1, -0.05) is 19.1 Å². The van der Waals surface area contributed by atoms with Crippen LogP contribution in [0.1, 0.15) is 38.2 Å². The van der Waals surface area contributed by atoms with E-state index in [1.807, 2.05) is 0 Å². The van der Waals surface area contributed by atoms with Crippen LogP contribution in [0.2, 0.25) is 0 Å². The van der Waals surface area contributed by atoms with Crippen molar-refractivity contribution in [2.45, 2.75) is 32.6 Å². The number of hydrogen-bond donors (Lipinski definition) is 1. The maximum absolute atomic E-state index is 5.28. The second kappa shape index (κ2) is 11.1. The van der Waals surface area contributed by atoms with E-state index in [-0.39, 0.29) is 24.0 Å². The quantitative estimate of drug-likeness (QED) is 0.380. The summed E-state index contributed by atoms with van der Waals surface area (Å²) in [6.07, 6.45) is 2.47. The lowest BCUT2D eigenvalue weighted by molar-refractivity contribution is 0.343. The summed E-state index contributed by atoms with van der Waals surface area (Å²) >= 11 is 0. The molecule has 0 spiro atoms. The Bertz CT molecular complexity index is 592. The summed E-state index contributed by atoms with van der Waals surface area (Å²) in [6.45, 7) is 12.0. The van der Waals surface area contributed by atoms with Crippen molar-refractivity contribution in [2.75, 3.05) is 52.9 Å². The normalized spacial score (nSPS) is 23.4. The van der Waals surface area contributed by atoms with Gasteiger partial charge in [-0.15, -0.1) is 24.0 Å². The summed E-state index contributed by atoms with van der Waals surface area (Å²) in [4.78, 5) is 9.95. The smallest absolute Gasteiger partial charge is 0.193 e. The summed E-state index contributed by atoms with van der Waals surface area (Å²) in [5.41, 5.74) is 1.40. The van der Waals surface area contributed by atoms with Crippen molar-refractivity contribution in [3.8, 4) is 5.75 Å². The molecule has 2 aliphatic heterocycles. The van der Waals surface area contributed by atoms with Crippen LogP contribution in [0.4, 0.5) is 0 Å². The standard InChI is InChI=1S/C21H34N4O.HI/c1-4-22-21(23-14-17-10-12-24(5-2)15-17)25-13-11-19(16-25)18-6-8-20(26-3)9-7-18;/h6-9,17,19H,4-5,10-16H2,1-3H3,(H,22,23);1H. The lowest BCUT2D eigenvalue weighted by Gasteiger charge is -2.22. The molecule has 1 N–H and O–H groups in total. The highest BCUT2D eigenvalue weighted by Crippen LogP contribution is 2.28. The first kappa shape index (κ1) is 22.3. The molecular formula is C21H35IN4O. The molecule has 2 fully saturated rings. The van der Waals surface area contributed by atoms with E-state index in [9.17, 15) is 0 Å². The minimum absolute atomic E-state index is 0. The van der Waals surface area contributed by atoms with Crippen molar-refractivity contribution in [1.29, 1.82) is 0 Å². The zero-order valence-electron chi connectivity index (χ0n) is 17.0. The molecule has 6 heteroatoms. The van der Waals surface area contributed by atoms with E-state index < -0.39 is 0 Å². The van der Waals surface area contributed by atoms with E-state index in [1.165, 1.54) is 31.5 Å². The van der Waals surface area contributed by atoms with Crippen LogP contribution in [0.5, 0.6) is 5.75 Å². The van der Waals surface area contributed by atoms with E-state index in [1.54, 1.807) is 7.11 Å². The minimum Gasteiger partial charge on any atom is -0.497 e. The lowest BCUT2D eigenvalue weighted by atomic mass is 9.98. The Balaban J connectivity index is 0.00000261. The molecule has 0 radical (unpaired) electrons. The Hall–Kier alpha value is -1.02. The summed E-state index contributed by atoms with van der Waals surface area (Å²) in [5, 5.41) is 3.51. The Morgan fingerprint density at radius 3 is 2.56 bits per heavy atom. The maximum Gasteiger partial charge on any atom is 0.193 e. The van der Waals surface area contributed by atoms with Crippen LogP contribution in [0, 0.1) is 5.92 Å². The molecule has 27 heavy (non-hydrogen) atoms. The van der Waals surface area contributed by atoms with E-state index >= 15 is 0 Å². The number of nitrogens with one attached hydrogen (secondary N) is 1. The van der Waals surface area contributed by atoms with Crippen molar-refractivity contribution in [3.63, 3.8) is 0 Å². The van der Waals surface area contributed by atoms with Gasteiger partial charge in [0.1, 0.15) is 5.75 Å². The van der Waals surface area contributed by atoms with Crippen molar-refractivity contribution in [3.05, 3.63) is 29.8 Å². The van der Waals surface area contributed by atoms with E-state index in [4.69, 9.17) is 9.73 Å². The summed E-state index contributed by atoms with van der Waals surface area (Å²) in [6, 6.07) is 8.54. The molecule has 2 saturated heterocycles. The predicted molar refractivity (Wildman–Crippen MR) is 124 cm³/mol. The Kier molecular flexibility index (Phi) is 9.15. The number of rotatable bonds is 6. The largest absolute Gasteiger partial charge is 0.497 e. The van der Waals surface area contributed by atoms with Gasteiger partial charge in [-0.2, -0.15) is 0 Å². The number of benzene rings is 1. The van der Waals surface area contributed by atoms with Gasteiger partial charge in [0.2, 0.25) is 0 Å². The molecule has 0 bridgehead atoms. The van der Waals surface area contributed by atoms with Crippen LogP contribution in [0.15, 0.2) is 29.3 Å². The van der Waals surface area contributed by atoms with Gasteiger partial charge >= 0.3 is 0 Å². The first-order valence-electron chi connectivity index (χ1n) is 10.1. The number of guanidine groups is 1. The van der Waals surface area contributed by atoms with E-state index in [0.717, 1.165) is 44.4 Å². The zero-order valence-corrected chi connectivity index (χ0v) is 19.3. The summed E-state index contributed by atoms with van der Waals surface area (Å²) in [5.74, 6) is 3.31. The highest BCUT2D eigenvalue weighted by molar-refractivity contribution is 14.0. The number of hydrogen-bond acceptors (Lipinski definition) is 3.